The van der Waals surface area contributed by atoms with Gasteiger partial charge in [-0.1, -0.05) is 42.0 Å². The topological polar surface area (TPSA) is 12.0 Å². The molecule has 0 radical (unpaired) electrons. The molecule has 15 heavy (non-hydrogen) atoms. The fraction of sp³-hybridized carbons (Fsp3) is 0.429. The van der Waals surface area contributed by atoms with Crippen LogP contribution >= 0.6 is 0 Å². The van der Waals surface area contributed by atoms with Gasteiger partial charge in [-0.3, -0.25) is 0 Å². The summed E-state index contributed by atoms with van der Waals surface area (Å²) in [6.45, 7) is 2.11. The molecule has 0 aromatic heterocycles. The van der Waals surface area contributed by atoms with Gasteiger partial charge >= 0.3 is 0 Å². The highest BCUT2D eigenvalue weighted by Crippen LogP contribution is 2.19. The summed E-state index contributed by atoms with van der Waals surface area (Å²) in [6, 6.07) is 10.6. The lowest BCUT2D eigenvalue weighted by Gasteiger charge is -2.05. The first-order valence-corrected chi connectivity index (χ1v) is 5.88. The zero-order valence-corrected chi connectivity index (χ0v) is 9.21. The Balaban J connectivity index is 1.63. The van der Waals surface area contributed by atoms with Gasteiger partial charge in [0.1, 0.15) is 0 Å². The highest BCUT2D eigenvalue weighted by molar-refractivity contribution is 5.14. The normalized spacial score (nSPS) is 15.3. The van der Waals surface area contributed by atoms with E-state index in [0.717, 1.165) is 13.1 Å². The Morgan fingerprint density at radius 1 is 1.13 bits per heavy atom. The Labute approximate surface area is 92.2 Å². The highest BCUT2D eigenvalue weighted by atomic mass is 14.8. The van der Waals surface area contributed by atoms with Crippen LogP contribution in [0.5, 0.6) is 0 Å². The summed E-state index contributed by atoms with van der Waals surface area (Å²) in [5.41, 5.74) is 3.02. The van der Waals surface area contributed by atoms with Gasteiger partial charge in [0, 0.05) is 6.54 Å². The average molecular weight is 201 g/mol. The van der Waals surface area contributed by atoms with Crippen molar-refractivity contribution in [3.8, 4) is 0 Å². The van der Waals surface area contributed by atoms with E-state index in [1.165, 1.54) is 31.2 Å². The summed E-state index contributed by atoms with van der Waals surface area (Å²) in [7, 11) is 0. The largest absolute Gasteiger partial charge is 0.312 e. The van der Waals surface area contributed by atoms with E-state index in [1.54, 1.807) is 5.57 Å². The highest BCUT2D eigenvalue weighted by Gasteiger charge is 2.03. The Morgan fingerprint density at radius 2 is 2.00 bits per heavy atom. The number of rotatable bonds is 5. The molecule has 1 aliphatic carbocycles. The summed E-state index contributed by atoms with van der Waals surface area (Å²) < 4.78 is 0. The Bertz CT molecular complexity index is 313. The smallest absolute Gasteiger partial charge is 0.0205 e. The number of benzene rings is 1. The molecule has 0 amide bonds. The molecule has 1 aromatic rings. The summed E-state index contributed by atoms with van der Waals surface area (Å²) in [4.78, 5) is 0. The van der Waals surface area contributed by atoms with E-state index in [2.05, 4.69) is 41.7 Å². The summed E-state index contributed by atoms with van der Waals surface area (Å²) in [5.74, 6) is 0. The monoisotopic (exact) mass is 201 g/mol. The van der Waals surface area contributed by atoms with Crippen LogP contribution in [0.1, 0.15) is 31.2 Å². The third-order valence-corrected chi connectivity index (χ3v) is 2.93. The van der Waals surface area contributed by atoms with E-state index in [0.29, 0.717) is 0 Å². The maximum Gasteiger partial charge on any atom is 0.0205 e. The fourth-order valence-corrected chi connectivity index (χ4v) is 2.04. The van der Waals surface area contributed by atoms with Crippen LogP contribution in [0, 0.1) is 0 Å². The zero-order valence-electron chi connectivity index (χ0n) is 9.21. The zero-order chi connectivity index (χ0) is 10.3. The second-order valence-corrected chi connectivity index (χ2v) is 4.17. The van der Waals surface area contributed by atoms with Crippen LogP contribution in [-0.2, 0) is 6.54 Å². The second kappa shape index (κ2) is 5.72. The van der Waals surface area contributed by atoms with Crippen LogP contribution in [-0.4, -0.2) is 6.54 Å². The van der Waals surface area contributed by atoms with Gasteiger partial charge in [0.05, 0.1) is 0 Å². The molecule has 1 aliphatic rings. The minimum atomic E-state index is 0.994. The van der Waals surface area contributed by atoms with E-state index in [9.17, 15) is 0 Å². The molecule has 0 aliphatic heterocycles. The standard InChI is InChI=1S/C14H19N/c1-2-8-14(9-3-1)12-15-11-10-13-6-4-5-7-13/h1-3,6,8-9,15H,4-5,7,10-12H2. The van der Waals surface area contributed by atoms with Crippen molar-refractivity contribution < 1.29 is 0 Å². The maximum absolute atomic E-state index is 3.49. The van der Waals surface area contributed by atoms with Crippen LogP contribution < -0.4 is 5.32 Å². The summed E-state index contributed by atoms with van der Waals surface area (Å²) in [6.07, 6.45) is 7.63. The lowest BCUT2D eigenvalue weighted by molar-refractivity contribution is 0.676. The molecule has 1 heteroatoms. The molecule has 2 rings (SSSR count). The van der Waals surface area contributed by atoms with Gasteiger partial charge in [0.25, 0.3) is 0 Å². The molecule has 1 aromatic carbocycles. The molecule has 0 bridgehead atoms. The number of hydrogen-bond donors (Lipinski definition) is 1. The van der Waals surface area contributed by atoms with Crippen molar-refractivity contribution in [2.75, 3.05) is 6.54 Å². The molecule has 0 saturated carbocycles. The summed E-state index contributed by atoms with van der Waals surface area (Å²) in [5, 5.41) is 3.49. The van der Waals surface area contributed by atoms with Crippen molar-refractivity contribution in [3.63, 3.8) is 0 Å². The van der Waals surface area contributed by atoms with Crippen molar-refractivity contribution in [1.82, 2.24) is 5.32 Å². The van der Waals surface area contributed by atoms with Crippen molar-refractivity contribution in [2.45, 2.75) is 32.2 Å². The Hall–Kier alpha value is -1.08. The van der Waals surface area contributed by atoms with E-state index in [4.69, 9.17) is 0 Å². The first-order valence-electron chi connectivity index (χ1n) is 5.88. The first-order chi connectivity index (χ1) is 7.45. The van der Waals surface area contributed by atoms with E-state index < -0.39 is 0 Å². The van der Waals surface area contributed by atoms with Gasteiger partial charge in [-0.15, -0.1) is 0 Å². The minimum absolute atomic E-state index is 0.994. The van der Waals surface area contributed by atoms with Crippen molar-refractivity contribution in [3.05, 3.63) is 47.5 Å². The molecule has 0 fully saturated rings. The molecular formula is C14H19N. The van der Waals surface area contributed by atoms with E-state index in [1.807, 2.05) is 0 Å². The van der Waals surface area contributed by atoms with Gasteiger partial charge in [-0.2, -0.15) is 0 Å². The Morgan fingerprint density at radius 3 is 2.73 bits per heavy atom. The van der Waals surface area contributed by atoms with Gasteiger partial charge in [-0.05, 0) is 37.8 Å². The molecule has 0 unspecified atom stereocenters. The minimum Gasteiger partial charge on any atom is -0.312 e. The van der Waals surface area contributed by atoms with E-state index >= 15 is 0 Å². The molecular weight excluding hydrogens is 182 g/mol. The van der Waals surface area contributed by atoms with Crippen LogP contribution in [0.25, 0.3) is 0 Å². The van der Waals surface area contributed by atoms with Gasteiger partial charge in [-0.25, -0.2) is 0 Å². The molecule has 0 saturated heterocycles. The number of allylic oxidation sites excluding steroid dienone is 1. The molecule has 0 spiro atoms. The molecule has 0 atom stereocenters. The Kier molecular flexibility index (Phi) is 3.98. The first kappa shape index (κ1) is 10.4. The fourth-order valence-electron chi connectivity index (χ4n) is 2.04. The van der Waals surface area contributed by atoms with Crippen molar-refractivity contribution in [2.24, 2.45) is 0 Å². The van der Waals surface area contributed by atoms with Crippen molar-refractivity contribution >= 4 is 0 Å². The molecule has 80 valence electrons. The van der Waals surface area contributed by atoms with Gasteiger partial charge in [0.15, 0.2) is 0 Å². The van der Waals surface area contributed by atoms with Gasteiger partial charge in [0.2, 0.25) is 0 Å². The van der Waals surface area contributed by atoms with Crippen LogP contribution in [0.3, 0.4) is 0 Å². The average Bonchev–Trinajstić information content (AvgIpc) is 2.79. The molecule has 0 heterocycles. The lowest BCUT2D eigenvalue weighted by Crippen LogP contribution is -2.14. The third-order valence-electron chi connectivity index (χ3n) is 2.93. The van der Waals surface area contributed by atoms with Crippen LogP contribution in [0.4, 0.5) is 0 Å². The maximum atomic E-state index is 3.49. The SMILES string of the molecule is C1=C(CCNCc2ccccc2)CCC1. The predicted molar refractivity (Wildman–Crippen MR) is 64.7 cm³/mol. The molecule has 1 N–H and O–H groups in total. The summed E-state index contributed by atoms with van der Waals surface area (Å²) >= 11 is 0. The van der Waals surface area contributed by atoms with Crippen LogP contribution in [0.2, 0.25) is 0 Å². The van der Waals surface area contributed by atoms with Gasteiger partial charge < -0.3 is 5.32 Å². The quantitative estimate of drug-likeness (QED) is 0.569. The molecule has 1 nitrogen and oxygen atoms in total. The van der Waals surface area contributed by atoms with Crippen molar-refractivity contribution in [1.29, 1.82) is 0 Å². The lowest BCUT2D eigenvalue weighted by atomic mass is 10.1. The third kappa shape index (κ3) is 3.52. The number of hydrogen-bond acceptors (Lipinski definition) is 1. The van der Waals surface area contributed by atoms with Crippen LogP contribution in [0.15, 0.2) is 42.0 Å². The second-order valence-electron chi connectivity index (χ2n) is 4.17. The predicted octanol–water partition coefficient (Wildman–Crippen LogP) is 3.28. The number of nitrogens with one attached hydrogen (secondary N) is 1. The van der Waals surface area contributed by atoms with E-state index in [-0.39, 0.29) is 0 Å².